The number of carbonyl (C=O) groups excluding carboxylic acids is 2. The molecule has 1 saturated heterocycles. The van der Waals surface area contributed by atoms with Crippen LogP contribution in [-0.4, -0.2) is 34.8 Å². The molecule has 5 heteroatoms. The SMILES string of the molecule is CCC(=O)N1CCC[C@](Cc2ccc(-c3cccnc3)cc2)(C(N)=O)C1. The highest BCUT2D eigenvalue weighted by Crippen LogP contribution is 2.34. The Bertz CT molecular complexity index is 774. The highest BCUT2D eigenvalue weighted by molar-refractivity contribution is 5.83. The molecule has 1 aliphatic rings. The molecule has 0 aliphatic carbocycles. The molecule has 0 radical (unpaired) electrons. The second-order valence-electron chi connectivity index (χ2n) is 7.03. The molecule has 136 valence electrons. The number of benzene rings is 1. The van der Waals surface area contributed by atoms with Crippen molar-refractivity contribution in [2.24, 2.45) is 11.1 Å². The zero-order chi connectivity index (χ0) is 18.6. The molecule has 0 spiro atoms. The summed E-state index contributed by atoms with van der Waals surface area (Å²) in [5.74, 6) is -0.232. The van der Waals surface area contributed by atoms with Gasteiger partial charge in [-0.25, -0.2) is 0 Å². The molecule has 3 rings (SSSR count). The first-order valence-corrected chi connectivity index (χ1v) is 9.11. The van der Waals surface area contributed by atoms with Gasteiger partial charge in [-0.2, -0.15) is 0 Å². The first-order valence-electron chi connectivity index (χ1n) is 9.11. The molecule has 1 fully saturated rings. The monoisotopic (exact) mass is 351 g/mol. The summed E-state index contributed by atoms with van der Waals surface area (Å²) in [6.07, 6.45) is 6.12. The van der Waals surface area contributed by atoms with Crippen LogP contribution in [0.2, 0.25) is 0 Å². The van der Waals surface area contributed by atoms with E-state index < -0.39 is 5.41 Å². The van der Waals surface area contributed by atoms with Gasteiger partial charge in [0.1, 0.15) is 0 Å². The van der Waals surface area contributed by atoms with Crippen molar-refractivity contribution in [2.75, 3.05) is 13.1 Å². The van der Waals surface area contributed by atoms with E-state index in [0.717, 1.165) is 29.5 Å². The van der Waals surface area contributed by atoms with Crippen molar-refractivity contribution in [1.82, 2.24) is 9.88 Å². The average Bonchev–Trinajstić information content (AvgIpc) is 2.68. The third-order valence-electron chi connectivity index (χ3n) is 5.25. The summed E-state index contributed by atoms with van der Waals surface area (Å²) in [5, 5.41) is 0. The Balaban J connectivity index is 1.80. The van der Waals surface area contributed by atoms with Gasteiger partial charge in [-0.1, -0.05) is 37.3 Å². The van der Waals surface area contributed by atoms with E-state index in [9.17, 15) is 9.59 Å². The minimum absolute atomic E-state index is 0.0854. The molecule has 1 atom stereocenters. The lowest BCUT2D eigenvalue weighted by Crippen LogP contribution is -2.53. The molecule has 2 heterocycles. The lowest BCUT2D eigenvalue weighted by atomic mass is 9.74. The summed E-state index contributed by atoms with van der Waals surface area (Å²) >= 11 is 0. The second kappa shape index (κ2) is 7.68. The molecule has 1 aromatic carbocycles. The number of aromatic nitrogens is 1. The predicted molar refractivity (Wildman–Crippen MR) is 101 cm³/mol. The fraction of sp³-hybridized carbons (Fsp3) is 0.381. The molecule has 2 aromatic rings. The fourth-order valence-corrected chi connectivity index (χ4v) is 3.74. The predicted octanol–water partition coefficient (Wildman–Crippen LogP) is 2.80. The summed E-state index contributed by atoms with van der Waals surface area (Å²) in [5.41, 5.74) is 8.31. The van der Waals surface area contributed by atoms with Gasteiger partial charge >= 0.3 is 0 Å². The van der Waals surface area contributed by atoms with Gasteiger partial charge in [-0.15, -0.1) is 0 Å². The van der Waals surface area contributed by atoms with E-state index in [1.807, 2.05) is 49.5 Å². The molecule has 5 nitrogen and oxygen atoms in total. The normalized spacial score (nSPS) is 20.0. The number of pyridine rings is 1. The van der Waals surface area contributed by atoms with E-state index in [4.69, 9.17) is 5.73 Å². The van der Waals surface area contributed by atoms with Crippen molar-refractivity contribution in [3.8, 4) is 11.1 Å². The Hall–Kier alpha value is -2.69. The van der Waals surface area contributed by atoms with Crippen molar-refractivity contribution >= 4 is 11.8 Å². The average molecular weight is 351 g/mol. The molecule has 26 heavy (non-hydrogen) atoms. The maximum absolute atomic E-state index is 12.3. The lowest BCUT2D eigenvalue weighted by Gasteiger charge is -2.41. The highest BCUT2D eigenvalue weighted by Gasteiger charge is 2.41. The summed E-state index contributed by atoms with van der Waals surface area (Å²) in [6.45, 7) is 2.97. The number of piperidine rings is 1. The highest BCUT2D eigenvalue weighted by atomic mass is 16.2. The van der Waals surface area contributed by atoms with Crippen molar-refractivity contribution in [2.45, 2.75) is 32.6 Å². The van der Waals surface area contributed by atoms with Gasteiger partial charge in [0.15, 0.2) is 0 Å². The van der Waals surface area contributed by atoms with Gasteiger partial charge < -0.3 is 10.6 Å². The number of hydrogen-bond donors (Lipinski definition) is 1. The first-order chi connectivity index (χ1) is 12.5. The topological polar surface area (TPSA) is 76.3 Å². The first kappa shape index (κ1) is 18.1. The molecular weight excluding hydrogens is 326 g/mol. The van der Waals surface area contributed by atoms with Crippen molar-refractivity contribution < 1.29 is 9.59 Å². The molecular formula is C21H25N3O2. The Labute approximate surface area is 154 Å². The van der Waals surface area contributed by atoms with Crippen LogP contribution in [0.5, 0.6) is 0 Å². The van der Waals surface area contributed by atoms with Crippen LogP contribution in [0.4, 0.5) is 0 Å². The summed E-state index contributed by atoms with van der Waals surface area (Å²) < 4.78 is 0. The zero-order valence-electron chi connectivity index (χ0n) is 15.1. The molecule has 0 unspecified atom stereocenters. The Morgan fingerprint density at radius 2 is 1.96 bits per heavy atom. The Kier molecular flexibility index (Phi) is 5.35. The van der Waals surface area contributed by atoms with Crippen LogP contribution in [0.3, 0.4) is 0 Å². The molecule has 0 saturated carbocycles. The molecule has 0 bridgehead atoms. The standard InChI is InChI=1S/C21H25N3O2/c1-2-19(25)24-12-4-10-21(15-24,20(22)26)13-16-6-8-17(9-7-16)18-5-3-11-23-14-18/h3,5-9,11,14H,2,4,10,12-13,15H2,1H3,(H2,22,26)/t21-/m1/s1. The summed E-state index contributed by atoms with van der Waals surface area (Å²) in [7, 11) is 0. The van der Waals surface area contributed by atoms with Crippen LogP contribution in [0.25, 0.3) is 11.1 Å². The minimum atomic E-state index is -0.682. The van der Waals surface area contributed by atoms with E-state index >= 15 is 0 Å². The molecule has 1 aliphatic heterocycles. The second-order valence-corrected chi connectivity index (χ2v) is 7.03. The third-order valence-corrected chi connectivity index (χ3v) is 5.25. The summed E-state index contributed by atoms with van der Waals surface area (Å²) in [6, 6.07) is 12.1. The zero-order valence-corrected chi connectivity index (χ0v) is 15.1. The third kappa shape index (κ3) is 3.77. The maximum Gasteiger partial charge on any atom is 0.225 e. The van der Waals surface area contributed by atoms with E-state index in [0.29, 0.717) is 25.9 Å². The van der Waals surface area contributed by atoms with Crippen molar-refractivity contribution in [1.29, 1.82) is 0 Å². The van der Waals surface area contributed by atoms with Gasteiger partial charge in [-0.05, 0) is 42.0 Å². The fourth-order valence-electron chi connectivity index (χ4n) is 3.74. The van der Waals surface area contributed by atoms with Crippen molar-refractivity contribution in [3.05, 3.63) is 54.4 Å². The van der Waals surface area contributed by atoms with Crippen molar-refractivity contribution in [3.63, 3.8) is 0 Å². The number of nitrogens with zero attached hydrogens (tertiary/aromatic N) is 2. The van der Waals surface area contributed by atoms with Crippen LogP contribution >= 0.6 is 0 Å². The van der Waals surface area contributed by atoms with Crippen LogP contribution < -0.4 is 5.73 Å². The van der Waals surface area contributed by atoms with E-state index in [-0.39, 0.29) is 11.8 Å². The van der Waals surface area contributed by atoms with E-state index in [1.54, 1.807) is 11.1 Å². The van der Waals surface area contributed by atoms with Gasteiger partial charge in [0.05, 0.1) is 5.41 Å². The van der Waals surface area contributed by atoms with E-state index in [1.165, 1.54) is 0 Å². The lowest BCUT2D eigenvalue weighted by molar-refractivity contribution is -0.139. The number of rotatable bonds is 5. The molecule has 1 aromatic heterocycles. The van der Waals surface area contributed by atoms with Crippen LogP contribution in [0.1, 0.15) is 31.7 Å². The number of amides is 2. The quantitative estimate of drug-likeness (QED) is 0.900. The summed E-state index contributed by atoms with van der Waals surface area (Å²) in [4.78, 5) is 30.3. The molecule has 2 N–H and O–H groups in total. The minimum Gasteiger partial charge on any atom is -0.369 e. The maximum atomic E-state index is 12.3. The smallest absolute Gasteiger partial charge is 0.225 e. The number of nitrogens with two attached hydrogens (primary N) is 1. The van der Waals surface area contributed by atoms with Crippen LogP contribution in [0.15, 0.2) is 48.8 Å². The number of likely N-dealkylation sites (tertiary alicyclic amines) is 1. The molecule has 2 amide bonds. The van der Waals surface area contributed by atoms with Crippen LogP contribution in [0, 0.1) is 5.41 Å². The van der Waals surface area contributed by atoms with Gasteiger partial charge in [0.25, 0.3) is 0 Å². The van der Waals surface area contributed by atoms with E-state index in [2.05, 4.69) is 4.98 Å². The van der Waals surface area contributed by atoms with Gasteiger partial charge in [0, 0.05) is 31.9 Å². The Morgan fingerprint density at radius 3 is 2.58 bits per heavy atom. The number of carbonyl (C=O) groups is 2. The largest absolute Gasteiger partial charge is 0.369 e. The van der Waals surface area contributed by atoms with Gasteiger partial charge in [-0.3, -0.25) is 14.6 Å². The number of hydrogen-bond acceptors (Lipinski definition) is 3. The van der Waals surface area contributed by atoms with Gasteiger partial charge in [0.2, 0.25) is 11.8 Å². The number of primary amides is 1. The Morgan fingerprint density at radius 1 is 1.19 bits per heavy atom. The van der Waals surface area contributed by atoms with Crippen LogP contribution in [-0.2, 0) is 16.0 Å².